The van der Waals surface area contributed by atoms with Crippen molar-refractivity contribution in [1.82, 2.24) is 0 Å². The molecule has 0 heterocycles. The lowest BCUT2D eigenvalue weighted by Gasteiger charge is -2.54. The van der Waals surface area contributed by atoms with E-state index in [0.29, 0.717) is 37.2 Å². The fourth-order valence-electron chi connectivity index (χ4n) is 7.39. The number of hydrogen-bond donors (Lipinski definition) is 2. The van der Waals surface area contributed by atoms with Gasteiger partial charge < -0.3 is 10.2 Å². The molecule has 1 aromatic carbocycles. The van der Waals surface area contributed by atoms with Crippen LogP contribution in [0, 0.1) is 47.6 Å². The molecule has 1 unspecified atom stereocenters. The largest absolute Gasteiger partial charge is 0.389 e. The molecule has 5 rings (SSSR count). The van der Waals surface area contributed by atoms with E-state index < -0.39 is 28.8 Å². The average molecular weight is 453 g/mol. The summed E-state index contributed by atoms with van der Waals surface area (Å²) in [4.78, 5) is 0. The van der Waals surface area contributed by atoms with Gasteiger partial charge in [-0.15, -0.1) is 5.92 Å². The molecule has 2 nitrogen and oxygen atoms in total. The van der Waals surface area contributed by atoms with Crippen molar-refractivity contribution in [3.8, 4) is 11.8 Å². The van der Waals surface area contributed by atoms with Crippen molar-refractivity contribution in [1.29, 1.82) is 0 Å². The molecule has 0 bridgehead atoms. The lowest BCUT2D eigenvalue weighted by atomic mass is 9.51. The van der Waals surface area contributed by atoms with E-state index in [1.165, 1.54) is 35.8 Å². The van der Waals surface area contributed by atoms with Gasteiger partial charge in [0, 0.05) is 23.3 Å². The van der Waals surface area contributed by atoms with Gasteiger partial charge >= 0.3 is 0 Å². The molecule has 0 aliphatic heterocycles. The Hall–Kier alpha value is -1.96. The maximum atomic E-state index is 14.7. The zero-order valence-corrected chi connectivity index (χ0v) is 19.8. The van der Waals surface area contributed by atoms with Crippen molar-refractivity contribution in [3.05, 3.63) is 57.7 Å². The molecule has 4 heteroatoms. The van der Waals surface area contributed by atoms with Gasteiger partial charge in [-0.25, -0.2) is 8.78 Å². The van der Waals surface area contributed by atoms with E-state index >= 15 is 0 Å². The molecule has 2 fully saturated rings. The summed E-state index contributed by atoms with van der Waals surface area (Å²) in [7, 11) is 0. The molecule has 0 spiro atoms. The van der Waals surface area contributed by atoms with E-state index in [1.807, 2.05) is 13.0 Å². The molecular weight excluding hydrogens is 418 g/mol. The topological polar surface area (TPSA) is 40.5 Å². The maximum Gasteiger partial charge on any atom is 0.131 e. The Morgan fingerprint density at radius 1 is 1.12 bits per heavy atom. The highest BCUT2D eigenvalue weighted by Gasteiger charge is 2.62. The second kappa shape index (κ2) is 8.07. The van der Waals surface area contributed by atoms with E-state index in [9.17, 15) is 19.0 Å². The Kier molecular flexibility index (Phi) is 5.58. The van der Waals surface area contributed by atoms with Crippen LogP contribution >= 0.6 is 0 Å². The molecular formula is C29H34F2O2. The summed E-state index contributed by atoms with van der Waals surface area (Å²) < 4.78 is 29.4. The predicted octanol–water partition coefficient (Wildman–Crippen LogP) is 6.11. The summed E-state index contributed by atoms with van der Waals surface area (Å²) in [5, 5.41) is 22.0. The summed E-state index contributed by atoms with van der Waals surface area (Å²) in [5.74, 6) is 5.69. The van der Waals surface area contributed by atoms with E-state index in [1.54, 1.807) is 0 Å². The second-order valence-corrected chi connectivity index (χ2v) is 10.8. The van der Waals surface area contributed by atoms with Crippen LogP contribution in [0.1, 0.15) is 82.3 Å². The first kappa shape index (κ1) is 22.8. The van der Waals surface area contributed by atoms with E-state index in [2.05, 4.69) is 18.8 Å². The van der Waals surface area contributed by atoms with Crippen LogP contribution in [-0.2, 0) is 0 Å². The van der Waals surface area contributed by atoms with Gasteiger partial charge in [0.1, 0.15) is 17.2 Å². The smallest absolute Gasteiger partial charge is 0.131 e. The van der Waals surface area contributed by atoms with Crippen molar-refractivity contribution in [3.63, 3.8) is 0 Å². The Morgan fingerprint density at radius 3 is 2.55 bits per heavy atom. The molecule has 0 saturated heterocycles. The van der Waals surface area contributed by atoms with Crippen molar-refractivity contribution in [2.24, 2.45) is 17.3 Å². The number of aliphatic hydroxyl groups excluding tert-OH is 1. The van der Waals surface area contributed by atoms with Crippen LogP contribution in [0.3, 0.4) is 0 Å². The first-order valence-electron chi connectivity index (χ1n) is 12.5. The normalized spacial score (nSPS) is 37.5. The van der Waals surface area contributed by atoms with Crippen molar-refractivity contribution in [2.75, 3.05) is 0 Å². The Morgan fingerprint density at radius 2 is 1.85 bits per heavy atom. The van der Waals surface area contributed by atoms with Crippen molar-refractivity contribution >= 4 is 0 Å². The van der Waals surface area contributed by atoms with Gasteiger partial charge in [-0.2, -0.15) is 0 Å². The first-order chi connectivity index (χ1) is 15.7. The molecule has 6 atom stereocenters. The predicted molar refractivity (Wildman–Crippen MR) is 125 cm³/mol. The maximum absolute atomic E-state index is 14.7. The van der Waals surface area contributed by atoms with Gasteiger partial charge in [-0.05, 0) is 92.5 Å². The van der Waals surface area contributed by atoms with Crippen LogP contribution in [0.25, 0.3) is 0 Å². The summed E-state index contributed by atoms with van der Waals surface area (Å²) in [6, 6.07) is 3.00. The van der Waals surface area contributed by atoms with Crippen LogP contribution in [0.4, 0.5) is 8.78 Å². The number of allylic oxidation sites excluding steroid dienone is 3. The third kappa shape index (κ3) is 3.43. The van der Waals surface area contributed by atoms with Crippen LogP contribution in [0.15, 0.2) is 34.9 Å². The molecule has 33 heavy (non-hydrogen) atoms. The molecule has 4 aliphatic rings. The van der Waals surface area contributed by atoms with Crippen LogP contribution in [0.5, 0.6) is 0 Å². The van der Waals surface area contributed by atoms with E-state index in [4.69, 9.17) is 0 Å². The Labute approximate surface area is 195 Å². The molecule has 0 radical (unpaired) electrons. The number of halogens is 2. The zero-order chi connectivity index (χ0) is 23.5. The standard InChI is InChI=1S/C29H34F2O2/c1-4-5-11-29(33)12-10-24-22-8-6-18-13-20(32)7-9-21(18)27(22)23(16-28(24,29)3)19-14-25(30)17(2)26(31)15-19/h13-15,20,22-24,32-33H,4,6-10,12,16H2,1-3H3/t20?,22-,23+,24-,28-,29-/m0/s1. The zero-order valence-electron chi connectivity index (χ0n) is 19.8. The van der Waals surface area contributed by atoms with Gasteiger partial charge in [0.05, 0.1) is 6.10 Å². The molecule has 2 saturated carbocycles. The number of rotatable bonds is 1. The SMILES string of the molecule is CCC#C[C@]1(O)CC[C@H]2[C@@H]3CCC4=CC(O)CCC4=C3[C@@H](c3cc(F)c(C)c(F)c3)C[C@@]21C. The highest BCUT2D eigenvalue weighted by atomic mass is 19.1. The fraction of sp³-hybridized carbons (Fsp3) is 0.586. The fourth-order valence-corrected chi connectivity index (χ4v) is 7.39. The summed E-state index contributed by atoms with van der Waals surface area (Å²) in [5.41, 5.74) is 2.99. The van der Waals surface area contributed by atoms with Gasteiger partial charge in [0.2, 0.25) is 0 Å². The van der Waals surface area contributed by atoms with E-state index in [-0.39, 0.29) is 17.4 Å². The minimum atomic E-state index is -1.08. The number of fused-ring (bicyclic) bond motifs is 4. The third-order valence-corrected chi connectivity index (χ3v) is 9.19. The molecule has 0 amide bonds. The highest BCUT2D eigenvalue weighted by Crippen LogP contribution is 2.66. The molecule has 176 valence electrons. The first-order valence-corrected chi connectivity index (χ1v) is 12.5. The average Bonchev–Trinajstić information content (AvgIpc) is 3.05. The van der Waals surface area contributed by atoms with Crippen LogP contribution < -0.4 is 0 Å². The van der Waals surface area contributed by atoms with Gasteiger partial charge in [0.25, 0.3) is 0 Å². The number of aliphatic hydroxyl groups is 2. The van der Waals surface area contributed by atoms with Crippen molar-refractivity contribution < 1.29 is 19.0 Å². The molecule has 4 aliphatic carbocycles. The monoisotopic (exact) mass is 452 g/mol. The summed E-state index contributed by atoms with van der Waals surface area (Å²) >= 11 is 0. The molecule has 0 aromatic heterocycles. The van der Waals surface area contributed by atoms with Gasteiger partial charge in [0.15, 0.2) is 0 Å². The minimum absolute atomic E-state index is 0.0454. The lowest BCUT2D eigenvalue weighted by Crippen LogP contribution is -2.51. The summed E-state index contributed by atoms with van der Waals surface area (Å²) in [6.07, 6.45) is 7.79. The van der Waals surface area contributed by atoms with Crippen molar-refractivity contribution in [2.45, 2.75) is 89.8 Å². The Bertz CT molecular complexity index is 1080. The Balaban J connectivity index is 1.70. The number of hydrogen-bond acceptors (Lipinski definition) is 2. The quantitative estimate of drug-likeness (QED) is 0.505. The number of benzene rings is 1. The summed E-state index contributed by atoms with van der Waals surface area (Å²) in [6.45, 7) is 5.61. The molecule has 1 aromatic rings. The van der Waals surface area contributed by atoms with Crippen LogP contribution in [-0.4, -0.2) is 21.9 Å². The lowest BCUT2D eigenvalue weighted by molar-refractivity contribution is -0.0514. The van der Waals surface area contributed by atoms with Gasteiger partial charge in [-0.1, -0.05) is 31.4 Å². The van der Waals surface area contributed by atoms with Gasteiger partial charge in [-0.3, -0.25) is 0 Å². The van der Waals surface area contributed by atoms with Crippen LogP contribution in [0.2, 0.25) is 0 Å². The second-order valence-electron chi connectivity index (χ2n) is 10.8. The highest BCUT2D eigenvalue weighted by molar-refractivity contribution is 5.50. The van der Waals surface area contributed by atoms with E-state index in [0.717, 1.165) is 25.7 Å². The molecule has 2 N–H and O–H groups in total. The minimum Gasteiger partial charge on any atom is -0.389 e. The third-order valence-electron chi connectivity index (χ3n) is 9.19.